The van der Waals surface area contributed by atoms with Crippen molar-refractivity contribution in [3.8, 4) is 11.5 Å². The molecule has 1 heterocycles. The molecule has 3 aromatic rings. The zero-order valence-electron chi connectivity index (χ0n) is 12.5. The van der Waals surface area contributed by atoms with Gasteiger partial charge in [0.25, 0.3) is 5.91 Å². The molecule has 0 atom stereocenters. The van der Waals surface area contributed by atoms with E-state index in [9.17, 15) is 9.36 Å². The molecule has 0 aliphatic carbocycles. The van der Waals surface area contributed by atoms with Crippen LogP contribution in [0.5, 0.6) is 11.5 Å². The summed E-state index contributed by atoms with van der Waals surface area (Å²) in [5, 5.41) is 2.27. The number of benzene rings is 2. The summed E-state index contributed by atoms with van der Waals surface area (Å²) in [7, 11) is -4.02. The normalized spacial score (nSPS) is 10.8. The van der Waals surface area contributed by atoms with Gasteiger partial charge >= 0.3 is 7.75 Å². The van der Waals surface area contributed by atoms with E-state index in [1.807, 2.05) is 0 Å². The van der Waals surface area contributed by atoms with Crippen LogP contribution in [0.4, 0.5) is 0 Å². The van der Waals surface area contributed by atoms with Crippen molar-refractivity contribution >= 4 is 13.7 Å². The van der Waals surface area contributed by atoms with Crippen LogP contribution < -0.4 is 14.1 Å². The van der Waals surface area contributed by atoms with E-state index in [2.05, 4.69) is 5.09 Å². The summed E-state index contributed by atoms with van der Waals surface area (Å²) in [6.45, 7) is 0. The van der Waals surface area contributed by atoms with Crippen molar-refractivity contribution in [1.29, 1.82) is 0 Å². The predicted molar refractivity (Wildman–Crippen MR) is 87.9 cm³/mol. The largest absolute Gasteiger partial charge is 0.544 e. The van der Waals surface area contributed by atoms with Gasteiger partial charge in [-0.25, -0.2) is 9.65 Å². The van der Waals surface area contributed by atoms with Gasteiger partial charge in [0.1, 0.15) is 11.5 Å². The summed E-state index contributed by atoms with van der Waals surface area (Å²) in [5.74, 6) is -0.0910. The molecule has 122 valence electrons. The molecule has 7 heteroatoms. The van der Waals surface area contributed by atoms with Crippen molar-refractivity contribution in [2.75, 3.05) is 0 Å². The summed E-state index contributed by atoms with van der Waals surface area (Å²) in [5.41, 5.74) is 0. The topological polar surface area (TPSA) is 77.8 Å². The first-order valence-electron chi connectivity index (χ1n) is 7.10. The Morgan fingerprint density at radius 2 is 1.38 bits per heavy atom. The second-order valence-electron chi connectivity index (χ2n) is 4.72. The Hall–Kier alpha value is -2.98. The minimum absolute atomic E-state index is 0.00329. The van der Waals surface area contributed by atoms with Gasteiger partial charge < -0.3 is 13.5 Å². The second-order valence-corrected chi connectivity index (χ2v) is 6.31. The Bertz CT molecular complexity index is 788. The summed E-state index contributed by atoms with van der Waals surface area (Å²) in [4.78, 5) is 12.2. The zero-order valence-corrected chi connectivity index (χ0v) is 13.4. The van der Waals surface area contributed by atoms with Gasteiger partial charge in [-0.05, 0) is 36.4 Å². The van der Waals surface area contributed by atoms with Gasteiger partial charge in [0.2, 0.25) is 0 Å². The SMILES string of the molecule is O=C(NP(=O)(Oc1ccccc1)Oc1ccccc1)c1ccco1. The molecule has 0 saturated carbocycles. The highest BCUT2D eigenvalue weighted by Gasteiger charge is 2.32. The highest BCUT2D eigenvalue weighted by atomic mass is 31.2. The number of rotatable bonds is 6. The van der Waals surface area contributed by atoms with Gasteiger partial charge in [-0.15, -0.1) is 0 Å². The summed E-state index contributed by atoms with van der Waals surface area (Å²) in [6, 6.07) is 19.9. The molecule has 2 aromatic carbocycles. The van der Waals surface area contributed by atoms with Gasteiger partial charge in [0.15, 0.2) is 5.76 Å². The van der Waals surface area contributed by atoms with Crippen molar-refractivity contribution in [3.63, 3.8) is 0 Å². The van der Waals surface area contributed by atoms with Crippen LogP contribution in [0.3, 0.4) is 0 Å². The van der Waals surface area contributed by atoms with Crippen LogP contribution >= 0.6 is 7.75 Å². The smallest absolute Gasteiger partial charge is 0.459 e. The lowest BCUT2D eigenvalue weighted by molar-refractivity contribution is 0.0946. The number of hydrogen-bond donors (Lipinski definition) is 1. The first-order valence-corrected chi connectivity index (χ1v) is 8.64. The number of furan rings is 1. The maximum atomic E-state index is 13.0. The van der Waals surface area contributed by atoms with E-state index in [-0.39, 0.29) is 5.76 Å². The minimum Gasteiger partial charge on any atom is -0.459 e. The molecule has 1 aromatic heterocycles. The third-order valence-corrected chi connectivity index (χ3v) is 4.30. The van der Waals surface area contributed by atoms with Crippen molar-refractivity contribution in [2.45, 2.75) is 0 Å². The van der Waals surface area contributed by atoms with E-state index in [1.54, 1.807) is 66.7 Å². The lowest BCUT2D eigenvalue weighted by Gasteiger charge is -2.19. The van der Waals surface area contributed by atoms with E-state index in [0.717, 1.165) is 0 Å². The molecule has 0 aliphatic rings. The fraction of sp³-hybridized carbons (Fsp3) is 0. The molecule has 24 heavy (non-hydrogen) atoms. The van der Waals surface area contributed by atoms with E-state index in [1.165, 1.54) is 12.3 Å². The minimum atomic E-state index is -4.02. The number of hydrogen-bond acceptors (Lipinski definition) is 5. The lowest BCUT2D eigenvalue weighted by atomic mass is 10.3. The van der Waals surface area contributed by atoms with Crippen molar-refractivity contribution in [2.24, 2.45) is 0 Å². The van der Waals surface area contributed by atoms with E-state index in [4.69, 9.17) is 13.5 Å². The summed E-state index contributed by atoms with van der Waals surface area (Å²) < 4.78 is 28.9. The van der Waals surface area contributed by atoms with Gasteiger partial charge in [0.05, 0.1) is 6.26 Å². The Kier molecular flexibility index (Phi) is 4.68. The Morgan fingerprint density at radius 3 is 1.83 bits per heavy atom. The number of carbonyl (C=O) groups is 1. The second kappa shape index (κ2) is 7.06. The number of amides is 1. The Labute approximate surface area is 138 Å². The van der Waals surface area contributed by atoms with Gasteiger partial charge in [-0.3, -0.25) is 4.79 Å². The van der Waals surface area contributed by atoms with Crippen LogP contribution in [0, 0.1) is 0 Å². The molecule has 0 radical (unpaired) electrons. The molecular formula is C17H14NO5P. The molecule has 6 nitrogen and oxygen atoms in total. The Balaban J connectivity index is 1.85. The highest BCUT2D eigenvalue weighted by Crippen LogP contribution is 2.44. The van der Waals surface area contributed by atoms with E-state index < -0.39 is 13.7 Å². The van der Waals surface area contributed by atoms with Crippen LogP contribution in [-0.4, -0.2) is 5.91 Å². The number of para-hydroxylation sites is 2. The third kappa shape index (κ3) is 4.06. The molecule has 0 aliphatic heterocycles. The summed E-state index contributed by atoms with van der Waals surface area (Å²) in [6.07, 6.45) is 1.34. The molecule has 1 N–H and O–H groups in total. The van der Waals surface area contributed by atoms with Gasteiger partial charge in [-0.1, -0.05) is 36.4 Å². The molecule has 0 bridgehead atoms. The fourth-order valence-electron chi connectivity index (χ4n) is 1.89. The van der Waals surface area contributed by atoms with Gasteiger partial charge in [-0.2, -0.15) is 0 Å². The summed E-state index contributed by atoms with van der Waals surface area (Å²) >= 11 is 0. The fourth-order valence-corrected chi connectivity index (χ4v) is 3.18. The van der Waals surface area contributed by atoms with Crippen LogP contribution in [-0.2, 0) is 4.57 Å². The quantitative estimate of drug-likeness (QED) is 0.676. The van der Waals surface area contributed by atoms with E-state index in [0.29, 0.717) is 11.5 Å². The average Bonchev–Trinajstić information content (AvgIpc) is 3.11. The molecule has 0 fully saturated rings. The van der Waals surface area contributed by atoms with Crippen LogP contribution in [0.15, 0.2) is 83.5 Å². The first kappa shape index (κ1) is 15.9. The monoisotopic (exact) mass is 343 g/mol. The maximum Gasteiger partial charge on any atom is 0.544 e. The molecule has 1 amide bonds. The van der Waals surface area contributed by atoms with Crippen LogP contribution in [0.25, 0.3) is 0 Å². The number of carbonyl (C=O) groups excluding carboxylic acids is 1. The molecule has 0 spiro atoms. The molecule has 0 unspecified atom stereocenters. The predicted octanol–water partition coefficient (Wildman–Crippen LogP) is 4.28. The standard InChI is InChI=1S/C17H14NO5P/c19-17(16-12-7-13-21-16)18-24(20,22-14-8-3-1-4-9-14)23-15-10-5-2-6-11-15/h1-13H,(H,18,19,20). The lowest BCUT2D eigenvalue weighted by Crippen LogP contribution is -2.25. The molecule has 0 saturated heterocycles. The van der Waals surface area contributed by atoms with E-state index >= 15 is 0 Å². The molecular weight excluding hydrogens is 329 g/mol. The van der Waals surface area contributed by atoms with Crippen LogP contribution in [0.1, 0.15) is 10.6 Å². The van der Waals surface area contributed by atoms with Crippen molar-refractivity contribution in [3.05, 3.63) is 84.8 Å². The number of nitrogens with one attached hydrogen (secondary N) is 1. The average molecular weight is 343 g/mol. The Morgan fingerprint density at radius 1 is 0.833 bits per heavy atom. The van der Waals surface area contributed by atoms with Crippen molar-refractivity contribution in [1.82, 2.24) is 5.09 Å². The molecule has 3 rings (SSSR count). The first-order chi connectivity index (χ1) is 11.6. The van der Waals surface area contributed by atoms with Crippen LogP contribution in [0.2, 0.25) is 0 Å². The maximum absolute atomic E-state index is 13.0. The third-order valence-electron chi connectivity index (χ3n) is 2.92. The van der Waals surface area contributed by atoms with Crippen molar-refractivity contribution < 1.29 is 22.8 Å². The highest BCUT2D eigenvalue weighted by molar-refractivity contribution is 7.53. The zero-order chi connectivity index (χ0) is 16.8. The van der Waals surface area contributed by atoms with Gasteiger partial charge in [0, 0.05) is 0 Å².